The number of anilines is 4. The van der Waals surface area contributed by atoms with Crippen LogP contribution in [0.3, 0.4) is 0 Å². The first-order valence-corrected chi connectivity index (χ1v) is 4.98. The van der Waals surface area contributed by atoms with Crippen molar-refractivity contribution in [3.8, 4) is 0 Å². The van der Waals surface area contributed by atoms with E-state index >= 15 is 0 Å². The fourth-order valence-corrected chi connectivity index (χ4v) is 1.37. The van der Waals surface area contributed by atoms with Gasteiger partial charge in [-0.15, -0.1) is 0 Å². The molecule has 1 heterocycles. The standard InChI is InChI=1S/C11H12FN5/c1-6-2-3-7(4-8(6)12)15-10-5-9(13)16-11(14)17-10/h2-5H,1H3,(H5,13,14,15,16,17). The third kappa shape index (κ3) is 2.60. The number of aromatic nitrogens is 2. The molecule has 0 aliphatic carbocycles. The van der Waals surface area contributed by atoms with Gasteiger partial charge in [0.25, 0.3) is 0 Å². The summed E-state index contributed by atoms with van der Waals surface area (Å²) in [6.07, 6.45) is 0. The van der Waals surface area contributed by atoms with Gasteiger partial charge < -0.3 is 16.8 Å². The van der Waals surface area contributed by atoms with Gasteiger partial charge in [0.2, 0.25) is 5.95 Å². The van der Waals surface area contributed by atoms with Crippen LogP contribution in [0.1, 0.15) is 5.56 Å². The van der Waals surface area contributed by atoms with Crippen molar-refractivity contribution in [3.05, 3.63) is 35.6 Å². The van der Waals surface area contributed by atoms with Gasteiger partial charge in [-0.05, 0) is 24.6 Å². The zero-order valence-electron chi connectivity index (χ0n) is 9.24. The number of halogens is 1. The van der Waals surface area contributed by atoms with Crippen LogP contribution in [0, 0.1) is 12.7 Å². The molecule has 6 heteroatoms. The molecule has 0 unspecified atom stereocenters. The van der Waals surface area contributed by atoms with E-state index in [1.165, 1.54) is 12.1 Å². The first-order valence-electron chi connectivity index (χ1n) is 4.98. The van der Waals surface area contributed by atoms with Gasteiger partial charge in [0.1, 0.15) is 17.5 Å². The third-order valence-electron chi connectivity index (χ3n) is 2.21. The van der Waals surface area contributed by atoms with Gasteiger partial charge in [-0.3, -0.25) is 0 Å². The molecule has 0 amide bonds. The second kappa shape index (κ2) is 4.25. The molecule has 17 heavy (non-hydrogen) atoms. The highest BCUT2D eigenvalue weighted by Crippen LogP contribution is 2.19. The van der Waals surface area contributed by atoms with E-state index in [9.17, 15) is 4.39 Å². The first-order chi connectivity index (χ1) is 8.04. The fourth-order valence-electron chi connectivity index (χ4n) is 1.37. The summed E-state index contributed by atoms with van der Waals surface area (Å²) in [6.45, 7) is 1.69. The number of rotatable bonds is 2. The predicted octanol–water partition coefficient (Wildman–Crippen LogP) is 1.83. The van der Waals surface area contributed by atoms with E-state index in [2.05, 4.69) is 15.3 Å². The highest BCUT2D eigenvalue weighted by molar-refractivity contribution is 5.60. The minimum absolute atomic E-state index is 0.0695. The van der Waals surface area contributed by atoms with Gasteiger partial charge in [0, 0.05) is 11.8 Å². The lowest BCUT2D eigenvalue weighted by molar-refractivity contribution is 0.619. The summed E-state index contributed by atoms with van der Waals surface area (Å²) in [6, 6.07) is 6.32. The molecule has 0 aliphatic heterocycles. The van der Waals surface area contributed by atoms with Gasteiger partial charge in [0.15, 0.2) is 0 Å². The number of hydrogen-bond donors (Lipinski definition) is 3. The summed E-state index contributed by atoms with van der Waals surface area (Å²) in [7, 11) is 0. The normalized spacial score (nSPS) is 10.2. The van der Waals surface area contributed by atoms with E-state index in [1.807, 2.05) is 0 Å². The molecule has 5 N–H and O–H groups in total. The summed E-state index contributed by atoms with van der Waals surface area (Å²) in [5.74, 6) is 0.468. The van der Waals surface area contributed by atoms with Crippen molar-refractivity contribution in [1.82, 2.24) is 9.97 Å². The average molecular weight is 233 g/mol. The third-order valence-corrected chi connectivity index (χ3v) is 2.21. The highest BCUT2D eigenvalue weighted by atomic mass is 19.1. The quantitative estimate of drug-likeness (QED) is 0.736. The van der Waals surface area contributed by atoms with Gasteiger partial charge >= 0.3 is 0 Å². The fraction of sp³-hybridized carbons (Fsp3) is 0.0909. The summed E-state index contributed by atoms with van der Waals surface area (Å²) in [5, 5.41) is 2.90. The molecular formula is C11H12FN5. The maximum atomic E-state index is 13.3. The molecule has 88 valence electrons. The summed E-state index contributed by atoms with van der Waals surface area (Å²) in [4.78, 5) is 7.67. The van der Waals surface area contributed by atoms with Crippen molar-refractivity contribution in [2.45, 2.75) is 6.92 Å². The average Bonchev–Trinajstić information content (AvgIpc) is 2.22. The molecule has 0 aliphatic rings. The summed E-state index contributed by atoms with van der Waals surface area (Å²) in [5.41, 5.74) is 12.1. The van der Waals surface area contributed by atoms with Gasteiger partial charge in [0.05, 0.1) is 0 Å². The van der Waals surface area contributed by atoms with Crippen LogP contribution in [0.5, 0.6) is 0 Å². The van der Waals surface area contributed by atoms with E-state index in [1.54, 1.807) is 19.1 Å². The second-order valence-electron chi connectivity index (χ2n) is 3.63. The molecule has 0 radical (unpaired) electrons. The molecule has 0 saturated carbocycles. The Morgan fingerprint density at radius 2 is 1.94 bits per heavy atom. The smallest absolute Gasteiger partial charge is 0.223 e. The van der Waals surface area contributed by atoms with E-state index in [4.69, 9.17) is 11.5 Å². The summed E-state index contributed by atoms with van der Waals surface area (Å²) < 4.78 is 13.3. The van der Waals surface area contributed by atoms with E-state index in [-0.39, 0.29) is 17.6 Å². The lowest BCUT2D eigenvalue weighted by Gasteiger charge is -2.07. The van der Waals surface area contributed by atoms with Gasteiger partial charge in [-0.25, -0.2) is 4.39 Å². The molecule has 2 aromatic rings. The molecule has 2 rings (SSSR count). The summed E-state index contributed by atoms with van der Waals surface area (Å²) >= 11 is 0. The lowest BCUT2D eigenvalue weighted by atomic mass is 10.2. The lowest BCUT2D eigenvalue weighted by Crippen LogP contribution is -2.03. The Hall–Kier alpha value is -2.37. The van der Waals surface area contributed by atoms with E-state index < -0.39 is 0 Å². The molecule has 1 aromatic heterocycles. The maximum Gasteiger partial charge on any atom is 0.223 e. The Morgan fingerprint density at radius 1 is 1.18 bits per heavy atom. The van der Waals surface area contributed by atoms with Crippen molar-refractivity contribution in [2.75, 3.05) is 16.8 Å². The van der Waals surface area contributed by atoms with E-state index in [0.29, 0.717) is 17.1 Å². The largest absolute Gasteiger partial charge is 0.383 e. The van der Waals surface area contributed by atoms with Crippen molar-refractivity contribution in [3.63, 3.8) is 0 Å². The monoisotopic (exact) mass is 233 g/mol. The van der Waals surface area contributed by atoms with Crippen LogP contribution in [0.25, 0.3) is 0 Å². The molecule has 1 aromatic carbocycles. The second-order valence-corrected chi connectivity index (χ2v) is 3.63. The number of nitrogens with one attached hydrogen (secondary N) is 1. The number of aryl methyl sites for hydroxylation is 1. The van der Waals surface area contributed by atoms with Crippen molar-refractivity contribution < 1.29 is 4.39 Å². The minimum Gasteiger partial charge on any atom is -0.383 e. The Kier molecular flexibility index (Phi) is 2.78. The number of hydrogen-bond acceptors (Lipinski definition) is 5. The van der Waals surface area contributed by atoms with Gasteiger partial charge in [-0.1, -0.05) is 6.07 Å². The van der Waals surface area contributed by atoms with Crippen LogP contribution in [0.4, 0.5) is 27.7 Å². The maximum absolute atomic E-state index is 13.3. The number of benzene rings is 1. The van der Waals surface area contributed by atoms with Crippen molar-refractivity contribution in [1.29, 1.82) is 0 Å². The van der Waals surface area contributed by atoms with Crippen molar-refractivity contribution in [2.24, 2.45) is 0 Å². The van der Waals surface area contributed by atoms with Crippen LogP contribution < -0.4 is 16.8 Å². The number of nitrogens with zero attached hydrogens (tertiary/aromatic N) is 2. The molecule has 0 fully saturated rings. The van der Waals surface area contributed by atoms with Crippen LogP contribution in [-0.2, 0) is 0 Å². The van der Waals surface area contributed by atoms with Crippen LogP contribution >= 0.6 is 0 Å². The zero-order valence-corrected chi connectivity index (χ0v) is 9.24. The Balaban J connectivity index is 2.28. The Bertz CT molecular complexity index is 535. The molecule has 0 atom stereocenters. The molecular weight excluding hydrogens is 221 g/mol. The zero-order chi connectivity index (χ0) is 12.4. The molecule has 0 bridgehead atoms. The molecule has 5 nitrogen and oxygen atoms in total. The molecule has 0 saturated heterocycles. The first kappa shape index (κ1) is 11.1. The van der Waals surface area contributed by atoms with Gasteiger partial charge in [-0.2, -0.15) is 9.97 Å². The number of nitrogens with two attached hydrogens (primary N) is 2. The Labute approximate surface area is 97.7 Å². The molecule has 0 spiro atoms. The Morgan fingerprint density at radius 3 is 2.59 bits per heavy atom. The topological polar surface area (TPSA) is 89.8 Å². The highest BCUT2D eigenvalue weighted by Gasteiger charge is 2.03. The number of nitrogen functional groups attached to an aromatic ring is 2. The van der Waals surface area contributed by atoms with Crippen LogP contribution in [-0.4, -0.2) is 9.97 Å². The minimum atomic E-state index is -0.287. The predicted molar refractivity (Wildman–Crippen MR) is 65.3 cm³/mol. The van der Waals surface area contributed by atoms with Crippen LogP contribution in [0.2, 0.25) is 0 Å². The van der Waals surface area contributed by atoms with E-state index in [0.717, 1.165) is 0 Å². The van der Waals surface area contributed by atoms with Crippen LogP contribution in [0.15, 0.2) is 24.3 Å². The van der Waals surface area contributed by atoms with Crippen molar-refractivity contribution >= 4 is 23.3 Å². The SMILES string of the molecule is Cc1ccc(Nc2cc(N)nc(N)n2)cc1F.